The van der Waals surface area contributed by atoms with Gasteiger partial charge in [-0.2, -0.15) is 0 Å². The number of benzene rings is 1. The fraction of sp³-hybridized carbons (Fsp3) is 0.632. The maximum absolute atomic E-state index is 12.6. The molecule has 1 saturated heterocycles. The number of hydrogen-bond donors (Lipinski definition) is 2. The number of anilines is 1. The number of methoxy groups -OCH3 is 2. The van der Waals surface area contributed by atoms with Crippen LogP contribution in [0.2, 0.25) is 0 Å². The van der Waals surface area contributed by atoms with Crippen molar-refractivity contribution in [3.8, 4) is 11.5 Å². The Morgan fingerprint density at radius 1 is 1.11 bits per heavy atom. The highest BCUT2D eigenvalue weighted by Gasteiger charge is 2.37. The van der Waals surface area contributed by atoms with Gasteiger partial charge in [0.15, 0.2) is 0 Å². The third kappa shape index (κ3) is 5.56. The summed E-state index contributed by atoms with van der Waals surface area (Å²) in [6.07, 6.45) is 5.78. The van der Waals surface area contributed by atoms with E-state index in [4.69, 9.17) is 15.2 Å². The molecule has 0 spiro atoms. The number of nitrogens with zero attached hydrogens (tertiary/aromatic N) is 1. The first-order valence-electron chi connectivity index (χ1n) is 9.12. The van der Waals surface area contributed by atoms with E-state index in [1.54, 1.807) is 14.2 Å². The molecule has 1 aromatic rings. The van der Waals surface area contributed by atoms with Gasteiger partial charge in [-0.1, -0.05) is 19.3 Å². The molecule has 154 valence electrons. The van der Waals surface area contributed by atoms with Gasteiger partial charge in [-0.05, 0) is 19.3 Å². The van der Waals surface area contributed by atoms with Crippen LogP contribution in [0.5, 0.6) is 11.5 Å². The van der Waals surface area contributed by atoms with Crippen molar-refractivity contribution in [1.82, 2.24) is 5.32 Å². The molecule has 1 aliphatic carbocycles. The summed E-state index contributed by atoms with van der Waals surface area (Å²) in [5, 5.41) is 3.18. The minimum atomic E-state index is -0.676. The van der Waals surface area contributed by atoms with Crippen molar-refractivity contribution in [3.63, 3.8) is 0 Å². The number of carbonyl (C=O) groups excluding carboxylic acids is 1. The molecule has 8 heteroatoms. The highest BCUT2D eigenvalue weighted by atomic mass is 35.5. The Labute approximate surface area is 174 Å². The highest BCUT2D eigenvalue weighted by Crippen LogP contribution is 2.31. The molecular formula is C19H31Cl2N3O3. The van der Waals surface area contributed by atoms with Gasteiger partial charge >= 0.3 is 0 Å². The first-order valence-corrected chi connectivity index (χ1v) is 9.12. The zero-order chi connectivity index (χ0) is 17.9. The summed E-state index contributed by atoms with van der Waals surface area (Å²) in [7, 11) is 3.30. The van der Waals surface area contributed by atoms with E-state index in [1.807, 2.05) is 18.2 Å². The number of amides is 1. The molecule has 1 atom stereocenters. The summed E-state index contributed by atoms with van der Waals surface area (Å²) in [6, 6.07) is 5.99. The van der Waals surface area contributed by atoms with Crippen LogP contribution < -0.4 is 25.4 Å². The Hall–Kier alpha value is -1.37. The van der Waals surface area contributed by atoms with E-state index >= 15 is 0 Å². The molecular weight excluding hydrogens is 389 g/mol. The lowest BCUT2D eigenvalue weighted by molar-refractivity contribution is -0.128. The Balaban J connectivity index is 0.00000182. The van der Waals surface area contributed by atoms with Crippen LogP contribution in [0.15, 0.2) is 18.2 Å². The molecule has 6 nitrogen and oxygen atoms in total. The Kier molecular flexibility index (Phi) is 8.99. The highest BCUT2D eigenvalue weighted by molar-refractivity contribution is 5.86. The van der Waals surface area contributed by atoms with E-state index < -0.39 is 5.54 Å². The number of ether oxygens (including phenoxy) is 2. The van der Waals surface area contributed by atoms with Crippen LogP contribution in [-0.4, -0.2) is 44.8 Å². The normalized spacial score (nSPS) is 20.9. The number of halogens is 2. The zero-order valence-electron chi connectivity index (χ0n) is 16.0. The number of rotatable bonds is 5. The zero-order valence-corrected chi connectivity index (χ0v) is 17.7. The molecule has 1 saturated carbocycles. The van der Waals surface area contributed by atoms with Crippen molar-refractivity contribution >= 4 is 36.4 Å². The summed E-state index contributed by atoms with van der Waals surface area (Å²) < 4.78 is 10.7. The molecule has 1 amide bonds. The average Bonchev–Trinajstić information content (AvgIpc) is 3.10. The van der Waals surface area contributed by atoms with Gasteiger partial charge in [0, 0.05) is 43.0 Å². The number of carbonyl (C=O) groups is 1. The third-order valence-corrected chi connectivity index (χ3v) is 5.42. The van der Waals surface area contributed by atoms with Crippen molar-refractivity contribution < 1.29 is 14.3 Å². The van der Waals surface area contributed by atoms with E-state index in [-0.39, 0.29) is 36.8 Å². The van der Waals surface area contributed by atoms with Gasteiger partial charge in [0.1, 0.15) is 11.5 Å². The quantitative estimate of drug-likeness (QED) is 0.766. The molecule has 1 aliphatic heterocycles. The van der Waals surface area contributed by atoms with Gasteiger partial charge in [-0.15, -0.1) is 24.8 Å². The summed E-state index contributed by atoms with van der Waals surface area (Å²) in [5.41, 5.74) is 6.72. The van der Waals surface area contributed by atoms with Gasteiger partial charge in [0.25, 0.3) is 0 Å². The van der Waals surface area contributed by atoms with Crippen molar-refractivity contribution in [2.45, 2.75) is 50.1 Å². The molecule has 2 fully saturated rings. The summed E-state index contributed by atoms with van der Waals surface area (Å²) >= 11 is 0. The van der Waals surface area contributed by atoms with Gasteiger partial charge in [-0.25, -0.2) is 0 Å². The second-order valence-electron chi connectivity index (χ2n) is 7.19. The first kappa shape index (κ1) is 23.7. The average molecular weight is 420 g/mol. The van der Waals surface area contributed by atoms with E-state index in [2.05, 4.69) is 10.2 Å². The predicted molar refractivity (Wildman–Crippen MR) is 113 cm³/mol. The van der Waals surface area contributed by atoms with Crippen molar-refractivity contribution in [1.29, 1.82) is 0 Å². The second-order valence-corrected chi connectivity index (χ2v) is 7.19. The maximum Gasteiger partial charge on any atom is 0.240 e. The molecule has 1 unspecified atom stereocenters. The molecule has 3 rings (SSSR count). The fourth-order valence-corrected chi connectivity index (χ4v) is 3.83. The van der Waals surface area contributed by atoms with Crippen molar-refractivity contribution in [3.05, 3.63) is 18.2 Å². The maximum atomic E-state index is 12.6. The van der Waals surface area contributed by atoms with Crippen molar-refractivity contribution in [2.24, 2.45) is 5.73 Å². The van der Waals surface area contributed by atoms with Gasteiger partial charge in [0.2, 0.25) is 5.91 Å². The van der Waals surface area contributed by atoms with Crippen LogP contribution in [0.3, 0.4) is 0 Å². The SMILES string of the molecule is COc1cc(OC)cc(N2CCC(NC(=O)C3(N)CCCCC3)C2)c1.Cl.Cl. The fourth-order valence-electron chi connectivity index (χ4n) is 3.83. The third-order valence-electron chi connectivity index (χ3n) is 5.42. The summed E-state index contributed by atoms with van der Waals surface area (Å²) in [4.78, 5) is 14.9. The van der Waals surface area contributed by atoms with Crippen LogP contribution >= 0.6 is 24.8 Å². The lowest BCUT2D eigenvalue weighted by Gasteiger charge is -2.33. The molecule has 2 aliphatic rings. The molecule has 0 radical (unpaired) electrons. The molecule has 27 heavy (non-hydrogen) atoms. The molecule has 0 bridgehead atoms. The van der Waals surface area contributed by atoms with Crippen LogP contribution in [0, 0.1) is 0 Å². The molecule has 1 aromatic carbocycles. The number of nitrogens with one attached hydrogen (secondary N) is 1. The van der Waals surface area contributed by atoms with E-state index in [1.165, 1.54) is 6.42 Å². The van der Waals surface area contributed by atoms with Gasteiger partial charge in [0.05, 0.1) is 19.8 Å². The first-order chi connectivity index (χ1) is 12.0. The predicted octanol–water partition coefficient (Wildman–Crippen LogP) is 2.90. The number of hydrogen-bond acceptors (Lipinski definition) is 5. The standard InChI is InChI=1S/C19H29N3O3.2ClH/c1-24-16-10-15(11-17(12-16)25-2)22-9-6-14(13-22)21-18(23)19(20)7-4-3-5-8-19;;/h10-12,14H,3-9,13,20H2,1-2H3,(H,21,23);2*1H. The van der Waals surface area contributed by atoms with Crippen LogP contribution in [-0.2, 0) is 4.79 Å². The lowest BCUT2D eigenvalue weighted by atomic mass is 9.82. The smallest absolute Gasteiger partial charge is 0.240 e. The topological polar surface area (TPSA) is 76.8 Å². The van der Waals surface area contributed by atoms with Gasteiger partial charge in [-0.3, -0.25) is 4.79 Å². The van der Waals surface area contributed by atoms with Gasteiger partial charge < -0.3 is 25.4 Å². The van der Waals surface area contributed by atoms with Crippen LogP contribution in [0.4, 0.5) is 5.69 Å². The Morgan fingerprint density at radius 2 is 1.70 bits per heavy atom. The monoisotopic (exact) mass is 419 g/mol. The lowest BCUT2D eigenvalue weighted by Crippen LogP contribution is -2.57. The van der Waals surface area contributed by atoms with Crippen LogP contribution in [0.1, 0.15) is 38.5 Å². The molecule has 1 heterocycles. The minimum absolute atomic E-state index is 0. The molecule has 0 aromatic heterocycles. The summed E-state index contributed by atoms with van der Waals surface area (Å²) in [5.74, 6) is 1.55. The second kappa shape index (κ2) is 10.2. The number of nitrogens with two attached hydrogens (primary N) is 1. The summed E-state index contributed by atoms with van der Waals surface area (Å²) in [6.45, 7) is 1.66. The largest absolute Gasteiger partial charge is 0.497 e. The Morgan fingerprint density at radius 3 is 2.26 bits per heavy atom. The van der Waals surface area contributed by atoms with E-state index in [9.17, 15) is 4.79 Å². The van der Waals surface area contributed by atoms with Crippen LogP contribution in [0.25, 0.3) is 0 Å². The van der Waals surface area contributed by atoms with E-state index in [0.717, 1.165) is 62.4 Å². The van der Waals surface area contributed by atoms with E-state index in [0.29, 0.717) is 0 Å². The van der Waals surface area contributed by atoms with Crippen molar-refractivity contribution in [2.75, 3.05) is 32.2 Å². The Bertz CT molecular complexity index is 602. The molecule has 3 N–H and O–H groups in total. The minimum Gasteiger partial charge on any atom is -0.497 e.